The van der Waals surface area contributed by atoms with Crippen molar-refractivity contribution in [2.24, 2.45) is 23.7 Å². The fourth-order valence-electron chi connectivity index (χ4n) is 10.7. The summed E-state index contributed by atoms with van der Waals surface area (Å²) >= 11 is 0. The summed E-state index contributed by atoms with van der Waals surface area (Å²) in [5, 5.41) is 8.25. The van der Waals surface area contributed by atoms with Gasteiger partial charge in [0.05, 0.1) is 0 Å². The lowest BCUT2D eigenvalue weighted by Crippen LogP contribution is -2.61. The maximum Gasteiger partial charge on any atom is 0.0405 e. The minimum Gasteiger partial charge on any atom is -0.313 e. The van der Waals surface area contributed by atoms with Gasteiger partial charge in [-0.15, -0.1) is 18.5 Å². The van der Waals surface area contributed by atoms with Crippen molar-refractivity contribution in [3.05, 3.63) is 34.4 Å². The number of benzene rings is 1. The quantitative estimate of drug-likeness (QED) is 0.342. The van der Waals surface area contributed by atoms with E-state index in [1.807, 2.05) is 0 Å². The van der Waals surface area contributed by atoms with Crippen LogP contribution in [-0.2, 0) is 21.4 Å². The summed E-state index contributed by atoms with van der Waals surface area (Å²) in [5.74, 6) is 3.62. The van der Waals surface area contributed by atoms with E-state index in [0.717, 1.165) is 23.7 Å². The van der Waals surface area contributed by atoms with E-state index in [2.05, 4.69) is 82.8 Å². The standard InChI is InChI=1S/C36H60N2P2/c1-33(2,3)26-18-28(35-20-23-15-24(21-35)17-25(16-23)30(35)22-39)29(19-27(26)34(4,5)6)36(40,31-11-7-9-13-37-31)32-12-8-10-14-38-32/h18-19,23-25,30-32,37-38H,7-17,20-22,39-40H2,1-6H3. The maximum absolute atomic E-state index is 4.12. The molecule has 2 aliphatic heterocycles. The van der Waals surface area contributed by atoms with Gasteiger partial charge in [-0.25, -0.2) is 0 Å². The molecule has 7 rings (SSSR count). The molecule has 6 fully saturated rings. The Labute approximate surface area is 251 Å². The van der Waals surface area contributed by atoms with Gasteiger partial charge in [0.15, 0.2) is 0 Å². The Hall–Kier alpha value is 0. The first-order valence-electron chi connectivity index (χ1n) is 17.0. The minimum atomic E-state index is 0.0152. The molecule has 2 nitrogen and oxygen atoms in total. The lowest BCUT2D eigenvalue weighted by Gasteiger charge is -2.63. The van der Waals surface area contributed by atoms with Gasteiger partial charge in [-0.3, -0.25) is 0 Å². The van der Waals surface area contributed by atoms with Crippen molar-refractivity contribution in [3.63, 3.8) is 0 Å². The number of piperidine rings is 2. The van der Waals surface area contributed by atoms with Crippen LogP contribution in [0, 0.1) is 23.7 Å². The van der Waals surface area contributed by atoms with Gasteiger partial charge in [-0.05, 0) is 139 Å². The van der Waals surface area contributed by atoms with Crippen molar-refractivity contribution in [3.8, 4) is 0 Å². The Morgan fingerprint density at radius 1 is 0.750 bits per heavy atom. The van der Waals surface area contributed by atoms with Crippen molar-refractivity contribution in [1.82, 2.24) is 10.6 Å². The Balaban J connectivity index is 1.64. The molecule has 1 aromatic rings. The maximum atomic E-state index is 4.12. The molecule has 40 heavy (non-hydrogen) atoms. The highest BCUT2D eigenvalue weighted by atomic mass is 31.0. The molecule has 0 aromatic heterocycles. The number of hydrogen-bond acceptors (Lipinski definition) is 2. The van der Waals surface area contributed by atoms with Crippen LogP contribution in [-0.4, -0.2) is 31.3 Å². The van der Waals surface area contributed by atoms with Crippen molar-refractivity contribution < 1.29 is 0 Å². The van der Waals surface area contributed by atoms with Gasteiger partial charge in [0.2, 0.25) is 0 Å². The van der Waals surface area contributed by atoms with E-state index >= 15 is 0 Å². The van der Waals surface area contributed by atoms with E-state index in [1.165, 1.54) is 89.9 Å². The lowest BCUT2D eigenvalue weighted by atomic mass is 9.43. The topological polar surface area (TPSA) is 24.1 Å². The van der Waals surface area contributed by atoms with Gasteiger partial charge in [0, 0.05) is 17.2 Å². The number of rotatable bonds is 5. The summed E-state index contributed by atoms with van der Waals surface area (Å²) in [7, 11) is 6.85. The molecule has 4 saturated carbocycles. The van der Waals surface area contributed by atoms with Gasteiger partial charge < -0.3 is 10.6 Å². The molecule has 2 heterocycles. The summed E-state index contributed by atoms with van der Waals surface area (Å²) in [4.78, 5) is 0. The summed E-state index contributed by atoms with van der Waals surface area (Å²) < 4.78 is 0. The Morgan fingerprint density at radius 2 is 1.27 bits per heavy atom. The smallest absolute Gasteiger partial charge is 0.0405 e. The predicted molar refractivity (Wildman–Crippen MR) is 180 cm³/mol. The molecule has 2 saturated heterocycles. The second-order valence-corrected chi connectivity index (χ2v) is 18.4. The average Bonchev–Trinajstić information content (AvgIpc) is 2.91. The highest BCUT2D eigenvalue weighted by Gasteiger charge is 2.59. The summed E-state index contributed by atoms with van der Waals surface area (Å²) in [6.07, 6.45) is 16.6. The van der Waals surface area contributed by atoms with Gasteiger partial charge in [-0.1, -0.05) is 66.5 Å². The van der Waals surface area contributed by atoms with Crippen LogP contribution >= 0.6 is 18.5 Å². The van der Waals surface area contributed by atoms with Crippen molar-refractivity contribution in [2.75, 3.05) is 19.3 Å². The Kier molecular flexibility index (Phi) is 8.16. The second-order valence-electron chi connectivity index (χ2n) is 17.0. The molecule has 4 heteroatoms. The molecule has 7 atom stereocenters. The normalized spacial score (nSPS) is 37.9. The third-order valence-electron chi connectivity index (χ3n) is 12.3. The van der Waals surface area contributed by atoms with E-state index in [1.54, 1.807) is 22.3 Å². The zero-order valence-electron chi connectivity index (χ0n) is 26.7. The SMILES string of the molecule is CC(C)(C)c1cc(C23CC4CC(CC(C4)C2CP)C3)c(C(P)(C2CCCCN2)C2CCCCN2)cc1C(C)(C)C. The first kappa shape index (κ1) is 30.0. The van der Waals surface area contributed by atoms with E-state index in [-0.39, 0.29) is 16.0 Å². The van der Waals surface area contributed by atoms with Crippen LogP contribution in [0.4, 0.5) is 0 Å². The van der Waals surface area contributed by atoms with E-state index in [0.29, 0.717) is 17.5 Å². The third kappa shape index (κ3) is 5.00. The molecular weight excluding hydrogens is 522 g/mol. The van der Waals surface area contributed by atoms with Gasteiger partial charge >= 0.3 is 0 Å². The molecule has 2 N–H and O–H groups in total. The van der Waals surface area contributed by atoms with E-state index < -0.39 is 0 Å². The molecule has 0 radical (unpaired) electrons. The molecule has 1 aromatic carbocycles. The Bertz CT molecular complexity index is 1040. The van der Waals surface area contributed by atoms with Crippen molar-refractivity contribution in [1.29, 1.82) is 0 Å². The van der Waals surface area contributed by atoms with Crippen LogP contribution in [0.3, 0.4) is 0 Å². The first-order chi connectivity index (χ1) is 18.9. The molecule has 0 spiro atoms. The van der Waals surface area contributed by atoms with E-state index in [4.69, 9.17) is 0 Å². The fraction of sp³-hybridized carbons (Fsp3) is 0.833. The van der Waals surface area contributed by atoms with Crippen LogP contribution in [0.1, 0.15) is 134 Å². The largest absolute Gasteiger partial charge is 0.313 e. The molecule has 4 bridgehead atoms. The van der Waals surface area contributed by atoms with Gasteiger partial charge in [0.1, 0.15) is 0 Å². The zero-order valence-corrected chi connectivity index (χ0v) is 29.0. The molecule has 0 amide bonds. The van der Waals surface area contributed by atoms with E-state index in [9.17, 15) is 0 Å². The van der Waals surface area contributed by atoms with Crippen molar-refractivity contribution >= 4 is 18.5 Å². The van der Waals surface area contributed by atoms with Gasteiger partial charge in [0.25, 0.3) is 0 Å². The number of nitrogens with one attached hydrogen (secondary N) is 2. The highest BCUT2D eigenvalue weighted by molar-refractivity contribution is 7.18. The average molecular weight is 583 g/mol. The lowest BCUT2D eigenvalue weighted by molar-refractivity contribution is -0.0526. The summed E-state index contributed by atoms with van der Waals surface area (Å²) in [6.45, 7) is 17.1. The van der Waals surface area contributed by atoms with Crippen LogP contribution in [0.2, 0.25) is 0 Å². The zero-order chi connectivity index (χ0) is 28.5. The molecule has 7 unspecified atom stereocenters. The number of hydrogen-bond donors (Lipinski definition) is 2. The second kappa shape index (κ2) is 10.9. The minimum absolute atomic E-state index is 0.0152. The fourth-order valence-corrected chi connectivity index (χ4v) is 12.4. The van der Waals surface area contributed by atoms with Crippen molar-refractivity contribution in [2.45, 2.75) is 146 Å². The highest BCUT2D eigenvalue weighted by Crippen LogP contribution is 2.66. The Morgan fingerprint density at radius 3 is 1.73 bits per heavy atom. The third-order valence-corrected chi connectivity index (χ3v) is 14.0. The summed E-state index contributed by atoms with van der Waals surface area (Å²) in [6, 6.07) is 6.66. The van der Waals surface area contributed by atoms with Crippen LogP contribution in [0.15, 0.2) is 12.1 Å². The molecule has 224 valence electrons. The van der Waals surface area contributed by atoms with Gasteiger partial charge in [-0.2, -0.15) is 0 Å². The first-order valence-corrected chi connectivity index (χ1v) is 18.4. The molecular formula is C36H60N2P2. The van der Waals surface area contributed by atoms with Crippen LogP contribution in [0.5, 0.6) is 0 Å². The molecule has 4 aliphatic carbocycles. The monoisotopic (exact) mass is 582 g/mol. The predicted octanol–water partition coefficient (Wildman–Crippen LogP) is 8.21. The van der Waals surface area contributed by atoms with Crippen LogP contribution in [0.25, 0.3) is 0 Å². The van der Waals surface area contributed by atoms with Crippen LogP contribution < -0.4 is 10.6 Å². The summed E-state index contributed by atoms with van der Waals surface area (Å²) in [5.41, 5.74) is 7.27. The molecule has 6 aliphatic rings.